The Morgan fingerprint density at radius 3 is 2.88 bits per heavy atom. The maximum absolute atomic E-state index is 10.0. The van der Waals surface area contributed by atoms with Gasteiger partial charge in [0.05, 0.1) is 12.1 Å². The van der Waals surface area contributed by atoms with Gasteiger partial charge in [-0.1, -0.05) is 12.8 Å². The average molecular weight is 237 g/mol. The Kier molecular flexibility index (Phi) is 3.75. The van der Waals surface area contributed by atoms with Gasteiger partial charge in [-0.25, -0.2) is 15.8 Å². The van der Waals surface area contributed by atoms with Crippen LogP contribution in [0, 0.1) is 0 Å². The summed E-state index contributed by atoms with van der Waals surface area (Å²) in [5, 5.41) is 10.0. The molecule has 1 heterocycles. The summed E-state index contributed by atoms with van der Waals surface area (Å²) < 4.78 is 0. The normalized spacial score (nSPS) is 24.4. The highest BCUT2D eigenvalue weighted by Crippen LogP contribution is 2.25. The summed E-state index contributed by atoms with van der Waals surface area (Å²) >= 11 is 0. The Balaban J connectivity index is 2.14. The molecule has 1 aliphatic carbocycles. The summed E-state index contributed by atoms with van der Waals surface area (Å²) in [6.07, 6.45) is 5.30. The summed E-state index contributed by atoms with van der Waals surface area (Å²) in [4.78, 5) is 10.2. The third kappa shape index (κ3) is 2.65. The fraction of sp³-hybridized carbons (Fsp3) is 0.636. The number of likely N-dealkylation sites (N-methyl/N-ethyl adjacent to an activating group) is 1. The molecule has 2 atom stereocenters. The lowest BCUT2D eigenvalue weighted by molar-refractivity contribution is 0.106. The highest BCUT2D eigenvalue weighted by atomic mass is 16.3. The summed E-state index contributed by atoms with van der Waals surface area (Å²) in [6, 6.07) is 1.91. The number of aromatic nitrogens is 2. The van der Waals surface area contributed by atoms with Crippen molar-refractivity contribution in [3.05, 3.63) is 12.4 Å². The number of nitrogen functional groups attached to an aromatic ring is 1. The maximum atomic E-state index is 10.0. The lowest BCUT2D eigenvalue weighted by Gasteiger charge is -2.35. The lowest BCUT2D eigenvalue weighted by Crippen LogP contribution is -2.43. The van der Waals surface area contributed by atoms with E-state index in [2.05, 4.69) is 15.4 Å². The van der Waals surface area contributed by atoms with Gasteiger partial charge in [0.2, 0.25) is 0 Å². The average Bonchev–Trinajstić information content (AvgIpc) is 2.38. The van der Waals surface area contributed by atoms with E-state index >= 15 is 0 Å². The molecule has 1 aromatic rings. The van der Waals surface area contributed by atoms with Crippen molar-refractivity contribution >= 4 is 11.6 Å². The molecule has 4 N–H and O–H groups in total. The fourth-order valence-corrected chi connectivity index (χ4v) is 2.33. The molecular formula is C11H19N5O. The van der Waals surface area contributed by atoms with Gasteiger partial charge in [0, 0.05) is 13.1 Å². The molecule has 0 radical (unpaired) electrons. The van der Waals surface area contributed by atoms with Crippen LogP contribution in [0.25, 0.3) is 0 Å². The van der Waals surface area contributed by atoms with Crippen molar-refractivity contribution in [1.29, 1.82) is 0 Å². The molecule has 1 aromatic heterocycles. The van der Waals surface area contributed by atoms with Crippen LogP contribution in [0.5, 0.6) is 0 Å². The van der Waals surface area contributed by atoms with Crippen LogP contribution in [0.4, 0.5) is 11.6 Å². The Hall–Kier alpha value is -1.40. The van der Waals surface area contributed by atoms with Crippen molar-refractivity contribution in [1.82, 2.24) is 9.97 Å². The van der Waals surface area contributed by atoms with Crippen LogP contribution in [0.2, 0.25) is 0 Å². The molecule has 1 fully saturated rings. The second kappa shape index (κ2) is 5.29. The fourth-order valence-electron chi connectivity index (χ4n) is 2.33. The zero-order valence-corrected chi connectivity index (χ0v) is 10.0. The van der Waals surface area contributed by atoms with Crippen LogP contribution in [0.15, 0.2) is 12.4 Å². The van der Waals surface area contributed by atoms with E-state index in [0.29, 0.717) is 5.82 Å². The molecule has 94 valence electrons. The second-order valence-electron chi connectivity index (χ2n) is 4.44. The first-order chi connectivity index (χ1) is 8.22. The number of hydrazine groups is 1. The molecule has 17 heavy (non-hydrogen) atoms. The van der Waals surface area contributed by atoms with E-state index in [0.717, 1.165) is 31.5 Å². The summed E-state index contributed by atoms with van der Waals surface area (Å²) in [5.74, 6) is 6.67. The molecule has 6 heteroatoms. The van der Waals surface area contributed by atoms with Gasteiger partial charge in [0.25, 0.3) is 0 Å². The number of hydrogen-bond donors (Lipinski definition) is 3. The largest absolute Gasteiger partial charge is 0.391 e. The van der Waals surface area contributed by atoms with Crippen LogP contribution >= 0.6 is 0 Å². The minimum absolute atomic E-state index is 0.129. The SMILES string of the molecule is CN(c1cc(NN)ncn1)C1CCCCC1O. The van der Waals surface area contributed by atoms with Crippen molar-refractivity contribution in [3.8, 4) is 0 Å². The van der Waals surface area contributed by atoms with E-state index in [9.17, 15) is 5.11 Å². The van der Waals surface area contributed by atoms with E-state index in [1.807, 2.05) is 11.9 Å². The number of aliphatic hydroxyl groups excluding tert-OH is 1. The Morgan fingerprint density at radius 2 is 2.18 bits per heavy atom. The van der Waals surface area contributed by atoms with Crippen molar-refractivity contribution in [3.63, 3.8) is 0 Å². The highest BCUT2D eigenvalue weighted by Gasteiger charge is 2.27. The minimum atomic E-state index is -0.280. The summed E-state index contributed by atoms with van der Waals surface area (Å²) in [6.45, 7) is 0. The molecule has 6 nitrogen and oxygen atoms in total. The molecule has 0 amide bonds. The molecule has 1 aliphatic rings. The first-order valence-corrected chi connectivity index (χ1v) is 5.92. The predicted molar refractivity (Wildman–Crippen MR) is 66.5 cm³/mol. The first kappa shape index (κ1) is 12.1. The van der Waals surface area contributed by atoms with Gasteiger partial charge in [0.1, 0.15) is 18.0 Å². The van der Waals surface area contributed by atoms with Crippen LogP contribution in [-0.2, 0) is 0 Å². The Morgan fingerprint density at radius 1 is 1.41 bits per heavy atom. The zero-order chi connectivity index (χ0) is 12.3. The highest BCUT2D eigenvalue weighted by molar-refractivity contribution is 5.48. The molecule has 2 rings (SSSR count). The van der Waals surface area contributed by atoms with E-state index in [-0.39, 0.29) is 12.1 Å². The second-order valence-corrected chi connectivity index (χ2v) is 4.44. The third-order valence-electron chi connectivity index (χ3n) is 3.35. The van der Waals surface area contributed by atoms with Crippen molar-refractivity contribution in [2.45, 2.75) is 37.8 Å². The van der Waals surface area contributed by atoms with Gasteiger partial charge in [-0.15, -0.1) is 0 Å². The monoisotopic (exact) mass is 237 g/mol. The minimum Gasteiger partial charge on any atom is -0.391 e. The van der Waals surface area contributed by atoms with Gasteiger partial charge in [-0.2, -0.15) is 0 Å². The lowest BCUT2D eigenvalue weighted by atomic mass is 9.91. The van der Waals surface area contributed by atoms with E-state index in [1.165, 1.54) is 6.33 Å². The molecule has 2 unspecified atom stereocenters. The van der Waals surface area contributed by atoms with Gasteiger partial charge in [-0.05, 0) is 12.8 Å². The standard InChI is InChI=1S/C11H19N5O/c1-16(8-4-2-3-5-9(8)17)11-6-10(15-12)13-7-14-11/h6-9,17H,2-5,12H2,1H3,(H,13,14,15). The van der Waals surface area contributed by atoms with Gasteiger partial charge < -0.3 is 15.4 Å². The van der Waals surface area contributed by atoms with Gasteiger partial charge >= 0.3 is 0 Å². The van der Waals surface area contributed by atoms with Crippen LogP contribution < -0.4 is 16.2 Å². The van der Waals surface area contributed by atoms with Crippen molar-refractivity contribution < 1.29 is 5.11 Å². The molecule has 0 aromatic carbocycles. The van der Waals surface area contributed by atoms with E-state index in [1.54, 1.807) is 6.07 Å². The van der Waals surface area contributed by atoms with Crippen LogP contribution in [0.3, 0.4) is 0 Å². The Labute approximate surface area is 101 Å². The van der Waals surface area contributed by atoms with Gasteiger partial charge in [-0.3, -0.25) is 0 Å². The quantitative estimate of drug-likeness (QED) is 0.524. The topological polar surface area (TPSA) is 87.3 Å². The molecule has 0 bridgehead atoms. The molecule has 0 aliphatic heterocycles. The molecule has 1 saturated carbocycles. The molecule has 0 saturated heterocycles. The smallest absolute Gasteiger partial charge is 0.145 e. The number of rotatable bonds is 3. The number of nitrogens with zero attached hydrogens (tertiary/aromatic N) is 3. The van der Waals surface area contributed by atoms with Crippen molar-refractivity contribution in [2.75, 3.05) is 17.4 Å². The molecular weight excluding hydrogens is 218 g/mol. The zero-order valence-electron chi connectivity index (χ0n) is 10.0. The van der Waals surface area contributed by atoms with Crippen molar-refractivity contribution in [2.24, 2.45) is 5.84 Å². The predicted octanol–water partition coefficient (Wildman–Crippen LogP) is 0.502. The number of anilines is 2. The third-order valence-corrected chi connectivity index (χ3v) is 3.35. The summed E-state index contributed by atoms with van der Waals surface area (Å²) in [7, 11) is 1.95. The number of nitrogens with two attached hydrogens (primary N) is 1. The summed E-state index contributed by atoms with van der Waals surface area (Å²) in [5.41, 5.74) is 2.50. The van der Waals surface area contributed by atoms with Gasteiger partial charge in [0.15, 0.2) is 0 Å². The maximum Gasteiger partial charge on any atom is 0.145 e. The first-order valence-electron chi connectivity index (χ1n) is 5.92. The Bertz CT molecular complexity index is 373. The number of aliphatic hydroxyl groups is 1. The number of hydrogen-bond acceptors (Lipinski definition) is 6. The van der Waals surface area contributed by atoms with E-state index < -0.39 is 0 Å². The van der Waals surface area contributed by atoms with Crippen LogP contribution in [-0.4, -0.2) is 34.3 Å². The van der Waals surface area contributed by atoms with Crippen LogP contribution in [0.1, 0.15) is 25.7 Å². The number of nitrogens with one attached hydrogen (secondary N) is 1. The van der Waals surface area contributed by atoms with E-state index in [4.69, 9.17) is 5.84 Å². The molecule has 0 spiro atoms.